The lowest BCUT2D eigenvalue weighted by atomic mass is 9.93. The first-order chi connectivity index (χ1) is 15.5. The Kier molecular flexibility index (Phi) is 6.57. The summed E-state index contributed by atoms with van der Waals surface area (Å²) in [5.41, 5.74) is 2.89. The molecule has 2 aromatic rings. The molecule has 0 radical (unpaired) electrons. The average Bonchev–Trinajstić information content (AvgIpc) is 3.09. The van der Waals surface area contributed by atoms with E-state index in [2.05, 4.69) is 4.98 Å². The van der Waals surface area contributed by atoms with Gasteiger partial charge in [0.15, 0.2) is 0 Å². The van der Waals surface area contributed by atoms with Crippen LogP contribution >= 0.6 is 23.2 Å². The van der Waals surface area contributed by atoms with Gasteiger partial charge < -0.3 is 15.0 Å². The lowest BCUT2D eigenvalue weighted by Gasteiger charge is -2.33. The number of halogens is 4. The van der Waals surface area contributed by atoms with Crippen molar-refractivity contribution in [2.45, 2.75) is 45.2 Å². The number of rotatable bonds is 5. The SMILES string of the molecule is Cc1cc(C)c(CN2CCc3c(Cl)cc(C(CO)N4CCC(F)(F)C4)c(Cl)c3C2=O)c(=O)[nH]1. The van der Waals surface area contributed by atoms with Crippen LogP contribution in [-0.2, 0) is 13.0 Å². The van der Waals surface area contributed by atoms with Gasteiger partial charge in [0, 0.05) is 35.8 Å². The van der Waals surface area contributed by atoms with E-state index in [1.807, 2.05) is 13.0 Å². The number of aromatic nitrogens is 1. The Morgan fingerprint density at radius 3 is 2.55 bits per heavy atom. The fraction of sp³-hybridized carbons (Fsp3) is 0.478. The van der Waals surface area contributed by atoms with Crippen LogP contribution in [0.4, 0.5) is 8.78 Å². The highest BCUT2D eigenvalue weighted by atomic mass is 35.5. The van der Waals surface area contributed by atoms with Crippen LogP contribution in [0.3, 0.4) is 0 Å². The Morgan fingerprint density at radius 2 is 1.94 bits per heavy atom. The highest BCUT2D eigenvalue weighted by Crippen LogP contribution is 2.41. The van der Waals surface area contributed by atoms with Crippen LogP contribution in [0.2, 0.25) is 10.0 Å². The molecule has 178 valence electrons. The fourth-order valence-electron chi connectivity index (χ4n) is 4.76. The molecule has 1 amide bonds. The van der Waals surface area contributed by atoms with Crippen molar-refractivity contribution in [1.29, 1.82) is 0 Å². The van der Waals surface area contributed by atoms with E-state index in [4.69, 9.17) is 23.2 Å². The minimum absolute atomic E-state index is 0.0960. The number of aryl methyl sites for hydroxylation is 2. The Bertz CT molecular complexity index is 1170. The molecule has 1 unspecified atom stereocenters. The van der Waals surface area contributed by atoms with Gasteiger partial charge in [0.2, 0.25) is 0 Å². The molecule has 1 aromatic carbocycles. The van der Waals surface area contributed by atoms with Crippen LogP contribution < -0.4 is 5.56 Å². The molecule has 2 N–H and O–H groups in total. The van der Waals surface area contributed by atoms with Gasteiger partial charge in [-0.15, -0.1) is 0 Å². The number of H-pyrrole nitrogens is 1. The molecule has 1 saturated heterocycles. The Hall–Kier alpha value is -2.00. The third-order valence-electron chi connectivity index (χ3n) is 6.49. The van der Waals surface area contributed by atoms with E-state index < -0.39 is 25.1 Å². The zero-order valence-electron chi connectivity index (χ0n) is 18.4. The number of aliphatic hydroxyl groups excluding tert-OH is 1. The monoisotopic (exact) mass is 499 g/mol. The quantitative estimate of drug-likeness (QED) is 0.654. The molecule has 0 aliphatic carbocycles. The molecule has 2 aliphatic heterocycles. The molecule has 3 heterocycles. The van der Waals surface area contributed by atoms with Crippen molar-refractivity contribution in [2.75, 3.05) is 26.2 Å². The minimum atomic E-state index is -2.84. The van der Waals surface area contributed by atoms with Crippen LogP contribution in [0, 0.1) is 13.8 Å². The third kappa shape index (κ3) is 4.54. The largest absolute Gasteiger partial charge is 0.394 e. The van der Waals surface area contributed by atoms with Crippen molar-refractivity contribution in [2.24, 2.45) is 0 Å². The lowest BCUT2D eigenvalue weighted by Crippen LogP contribution is -2.39. The molecule has 1 fully saturated rings. The van der Waals surface area contributed by atoms with Gasteiger partial charge >= 0.3 is 0 Å². The topological polar surface area (TPSA) is 76.6 Å². The van der Waals surface area contributed by atoms with Crippen LogP contribution in [0.25, 0.3) is 0 Å². The van der Waals surface area contributed by atoms with Crippen LogP contribution in [0.5, 0.6) is 0 Å². The summed E-state index contributed by atoms with van der Waals surface area (Å²) in [6.45, 7) is 3.23. The molecule has 10 heteroatoms. The summed E-state index contributed by atoms with van der Waals surface area (Å²) in [6.07, 6.45) is 0.130. The van der Waals surface area contributed by atoms with E-state index in [-0.39, 0.29) is 41.6 Å². The number of hydrogen-bond acceptors (Lipinski definition) is 4. The van der Waals surface area contributed by atoms with Gasteiger partial charge in [-0.2, -0.15) is 0 Å². The fourth-order valence-corrected chi connectivity index (χ4v) is 5.44. The maximum absolute atomic E-state index is 13.8. The smallest absolute Gasteiger partial charge is 0.261 e. The van der Waals surface area contributed by atoms with Gasteiger partial charge in [0.25, 0.3) is 17.4 Å². The maximum atomic E-state index is 13.8. The number of carbonyl (C=O) groups is 1. The predicted octanol–water partition coefficient (Wildman–Crippen LogP) is 3.87. The van der Waals surface area contributed by atoms with Crippen LogP contribution in [0.1, 0.15) is 50.8 Å². The van der Waals surface area contributed by atoms with Crippen molar-refractivity contribution < 1.29 is 18.7 Å². The number of aliphatic hydroxyl groups is 1. The molecule has 0 spiro atoms. The van der Waals surface area contributed by atoms with Crippen LogP contribution in [-0.4, -0.2) is 58.0 Å². The van der Waals surface area contributed by atoms with E-state index in [0.29, 0.717) is 34.7 Å². The first kappa shape index (κ1) is 24.1. The summed E-state index contributed by atoms with van der Waals surface area (Å²) in [4.78, 5) is 31.7. The van der Waals surface area contributed by atoms with Crippen molar-refractivity contribution >= 4 is 29.1 Å². The number of nitrogens with zero attached hydrogens (tertiary/aromatic N) is 2. The molecule has 1 atom stereocenters. The van der Waals surface area contributed by atoms with Gasteiger partial charge in [-0.05, 0) is 49.1 Å². The van der Waals surface area contributed by atoms with E-state index >= 15 is 0 Å². The lowest BCUT2D eigenvalue weighted by molar-refractivity contribution is 0.00389. The summed E-state index contributed by atoms with van der Waals surface area (Å²) in [7, 11) is 0. The Labute approximate surface area is 200 Å². The van der Waals surface area contributed by atoms with Gasteiger partial charge in [-0.1, -0.05) is 23.2 Å². The molecule has 1 aromatic heterocycles. The summed E-state index contributed by atoms with van der Waals surface area (Å²) in [5, 5.41) is 10.4. The number of benzene rings is 1. The normalized spacial score (nSPS) is 19.1. The number of hydrogen-bond donors (Lipinski definition) is 2. The van der Waals surface area contributed by atoms with E-state index in [9.17, 15) is 23.5 Å². The number of carbonyl (C=O) groups excluding carboxylic acids is 1. The molecule has 2 aliphatic rings. The van der Waals surface area contributed by atoms with E-state index in [1.165, 1.54) is 4.90 Å². The summed E-state index contributed by atoms with van der Waals surface area (Å²) in [6, 6.07) is 2.61. The number of nitrogens with one attached hydrogen (secondary N) is 1. The third-order valence-corrected chi connectivity index (χ3v) is 7.24. The van der Waals surface area contributed by atoms with Gasteiger partial charge in [-0.25, -0.2) is 8.78 Å². The number of likely N-dealkylation sites (tertiary alicyclic amines) is 1. The number of fused-ring (bicyclic) bond motifs is 1. The van der Waals surface area contributed by atoms with Gasteiger partial charge in [0.1, 0.15) is 0 Å². The second kappa shape index (κ2) is 8.98. The second-order valence-corrected chi connectivity index (χ2v) is 9.59. The maximum Gasteiger partial charge on any atom is 0.261 e. The Balaban J connectivity index is 1.70. The van der Waals surface area contributed by atoms with E-state index in [0.717, 1.165) is 11.3 Å². The highest BCUT2D eigenvalue weighted by molar-refractivity contribution is 6.37. The number of amides is 1. The van der Waals surface area contributed by atoms with Crippen molar-refractivity contribution in [3.8, 4) is 0 Å². The van der Waals surface area contributed by atoms with Gasteiger partial charge in [-0.3, -0.25) is 14.5 Å². The molecule has 0 bridgehead atoms. The molecule has 0 saturated carbocycles. The zero-order chi connectivity index (χ0) is 24.1. The summed E-state index contributed by atoms with van der Waals surface area (Å²) < 4.78 is 27.6. The first-order valence-electron chi connectivity index (χ1n) is 10.7. The molecular weight excluding hydrogens is 475 g/mol. The Morgan fingerprint density at radius 1 is 1.21 bits per heavy atom. The van der Waals surface area contributed by atoms with Crippen LogP contribution in [0.15, 0.2) is 16.9 Å². The minimum Gasteiger partial charge on any atom is -0.394 e. The summed E-state index contributed by atoms with van der Waals surface area (Å²) >= 11 is 13.2. The molecule has 4 rings (SSSR count). The molecular formula is C23H25Cl2F2N3O3. The standard InChI is InChI=1S/C23H25Cl2F2N3O3/c1-12-7-13(2)28-21(32)16(12)9-29-5-3-14-17(24)8-15(20(25)19(14)22(29)33)18(10-31)30-6-4-23(26,27)11-30/h7-8,18,31H,3-6,9-11H2,1-2H3,(H,28,32). The first-order valence-corrected chi connectivity index (χ1v) is 11.5. The number of aromatic amines is 1. The number of alkyl halides is 2. The van der Waals surface area contributed by atoms with Crippen molar-refractivity contribution in [3.05, 3.63) is 66.0 Å². The van der Waals surface area contributed by atoms with Crippen molar-refractivity contribution in [1.82, 2.24) is 14.8 Å². The van der Waals surface area contributed by atoms with E-state index in [1.54, 1.807) is 17.9 Å². The molecule has 33 heavy (non-hydrogen) atoms. The summed E-state index contributed by atoms with van der Waals surface area (Å²) in [5.74, 6) is -3.23. The predicted molar refractivity (Wildman–Crippen MR) is 122 cm³/mol. The molecule has 6 nitrogen and oxygen atoms in total. The van der Waals surface area contributed by atoms with Crippen molar-refractivity contribution in [3.63, 3.8) is 0 Å². The zero-order valence-corrected chi connectivity index (χ0v) is 19.9. The second-order valence-electron chi connectivity index (χ2n) is 8.81. The number of pyridine rings is 1. The highest BCUT2D eigenvalue weighted by Gasteiger charge is 2.42. The average molecular weight is 500 g/mol. The van der Waals surface area contributed by atoms with Gasteiger partial charge in [0.05, 0.1) is 36.3 Å².